The van der Waals surface area contributed by atoms with Gasteiger partial charge in [-0.2, -0.15) is 5.26 Å². The summed E-state index contributed by atoms with van der Waals surface area (Å²) in [5.41, 5.74) is -0.752. The van der Waals surface area contributed by atoms with E-state index in [0.29, 0.717) is 10.6 Å². The summed E-state index contributed by atoms with van der Waals surface area (Å²) in [6.45, 7) is 3.71. The molecule has 0 aromatic rings. The Bertz CT molecular complexity index is 288. The van der Waals surface area contributed by atoms with Crippen LogP contribution in [-0.2, 0) is 8.98 Å². The number of thiol groups is 1. The molecule has 0 aromatic carbocycles. The molecule has 6 heteroatoms. The summed E-state index contributed by atoms with van der Waals surface area (Å²) < 4.78 is 4.85. The average molecular weight is 263 g/mol. The molecule has 0 aliphatic carbocycles. The van der Waals surface area contributed by atoms with Gasteiger partial charge in [-0.1, -0.05) is 19.1 Å². The van der Waals surface area contributed by atoms with Crippen LogP contribution in [0.25, 0.3) is 0 Å². The second-order valence-electron chi connectivity index (χ2n) is 3.13. The summed E-state index contributed by atoms with van der Waals surface area (Å²) in [7, 11) is 0. The highest BCUT2D eigenvalue weighted by atomic mass is 32.2. The van der Waals surface area contributed by atoms with E-state index >= 15 is 0 Å². The first-order valence-electron chi connectivity index (χ1n) is 4.43. The summed E-state index contributed by atoms with van der Waals surface area (Å²) >= 11 is 10.0. The van der Waals surface area contributed by atoms with E-state index in [2.05, 4.69) is 23.2 Å². The molecule has 0 fully saturated rings. The number of carbonyl (C=O) groups is 1. The Hall–Kier alpha value is -0.250. The number of rotatable bonds is 5. The molecule has 1 unspecified atom stereocenters. The van der Waals surface area contributed by atoms with Gasteiger partial charge in [-0.25, -0.2) is 0 Å². The number of nitrogens with zero attached hydrogens (tertiary/aromatic N) is 1. The maximum atomic E-state index is 10.9. The van der Waals surface area contributed by atoms with Gasteiger partial charge in [0, 0.05) is 19.3 Å². The Morgan fingerprint density at radius 1 is 1.73 bits per heavy atom. The number of carbonyl (C=O) groups excluding carboxylic acids is 1. The molecule has 0 spiro atoms. The molecule has 0 aliphatic heterocycles. The minimum atomic E-state index is -0.752. The number of thioether (sulfide) groups is 1. The third-order valence-electron chi connectivity index (χ3n) is 1.90. The summed E-state index contributed by atoms with van der Waals surface area (Å²) in [5, 5.41) is 9.05. The van der Waals surface area contributed by atoms with E-state index in [9.17, 15) is 4.79 Å². The molecule has 0 saturated heterocycles. The van der Waals surface area contributed by atoms with Crippen molar-refractivity contribution < 1.29 is 8.98 Å². The van der Waals surface area contributed by atoms with Crippen molar-refractivity contribution in [3.8, 4) is 6.07 Å². The van der Waals surface area contributed by atoms with Crippen molar-refractivity contribution in [2.45, 2.75) is 26.7 Å². The standard InChI is InChI=1S/C9H13NO2S3/c1-3-15-8(13)9(2,6-10)5-4-7(11)12-14/h14H,3-5H2,1-2H3. The van der Waals surface area contributed by atoms with Gasteiger partial charge in [-0.3, -0.25) is 4.79 Å². The van der Waals surface area contributed by atoms with E-state index in [-0.39, 0.29) is 6.42 Å². The molecule has 0 aromatic heterocycles. The lowest BCUT2D eigenvalue weighted by molar-refractivity contribution is -0.133. The van der Waals surface area contributed by atoms with Gasteiger partial charge in [0.15, 0.2) is 0 Å². The van der Waals surface area contributed by atoms with Gasteiger partial charge < -0.3 is 4.18 Å². The second-order valence-corrected chi connectivity index (χ2v) is 5.25. The van der Waals surface area contributed by atoms with E-state index in [1.807, 2.05) is 6.92 Å². The van der Waals surface area contributed by atoms with Crippen LogP contribution < -0.4 is 0 Å². The van der Waals surface area contributed by atoms with Crippen molar-refractivity contribution in [2.75, 3.05) is 5.75 Å². The maximum absolute atomic E-state index is 10.9. The van der Waals surface area contributed by atoms with Crippen LogP contribution in [0.3, 0.4) is 0 Å². The quantitative estimate of drug-likeness (QED) is 0.469. The van der Waals surface area contributed by atoms with Crippen LogP contribution in [0.1, 0.15) is 26.7 Å². The van der Waals surface area contributed by atoms with Crippen LogP contribution in [0, 0.1) is 16.7 Å². The van der Waals surface area contributed by atoms with E-state index in [0.717, 1.165) is 5.75 Å². The lowest BCUT2D eigenvalue weighted by atomic mass is 9.89. The molecule has 0 amide bonds. The molecule has 3 nitrogen and oxygen atoms in total. The predicted octanol–water partition coefficient (Wildman–Crippen LogP) is 2.76. The second kappa shape index (κ2) is 7.09. The number of nitriles is 1. The SMILES string of the molecule is CCSC(=S)C(C)(C#N)CCC(=O)OS. The molecule has 0 aliphatic rings. The molecule has 1 atom stereocenters. The van der Waals surface area contributed by atoms with Crippen molar-refractivity contribution in [1.29, 1.82) is 5.26 Å². The number of hydrogen-bond donors (Lipinski definition) is 1. The Morgan fingerprint density at radius 2 is 2.33 bits per heavy atom. The molecular formula is C9H13NO2S3. The molecular weight excluding hydrogens is 250 g/mol. The van der Waals surface area contributed by atoms with Crippen LogP contribution in [0.5, 0.6) is 0 Å². The number of hydrogen-bond acceptors (Lipinski definition) is 6. The first-order valence-corrected chi connectivity index (χ1v) is 6.18. The topological polar surface area (TPSA) is 50.1 Å². The van der Waals surface area contributed by atoms with Crippen molar-refractivity contribution in [1.82, 2.24) is 0 Å². The zero-order chi connectivity index (χ0) is 11.9. The first-order chi connectivity index (χ1) is 7.00. The molecule has 84 valence electrons. The van der Waals surface area contributed by atoms with E-state index in [1.54, 1.807) is 6.92 Å². The molecule has 0 saturated carbocycles. The minimum absolute atomic E-state index is 0.151. The molecule has 0 N–H and O–H groups in total. The highest BCUT2D eigenvalue weighted by Gasteiger charge is 2.30. The van der Waals surface area contributed by atoms with Gasteiger partial charge in [0.05, 0.1) is 15.7 Å². The zero-order valence-electron chi connectivity index (χ0n) is 8.65. The summed E-state index contributed by atoms with van der Waals surface area (Å²) in [4.78, 5) is 10.9. The van der Waals surface area contributed by atoms with Gasteiger partial charge in [0.2, 0.25) is 0 Å². The highest BCUT2D eigenvalue weighted by molar-refractivity contribution is 8.23. The van der Waals surface area contributed by atoms with Crippen molar-refractivity contribution >= 4 is 47.1 Å². The summed E-state index contributed by atoms with van der Waals surface area (Å²) in [5.74, 6) is 0.386. The van der Waals surface area contributed by atoms with Crippen LogP contribution in [0.4, 0.5) is 0 Å². The summed E-state index contributed by atoms with van der Waals surface area (Å²) in [6.07, 6.45) is 0.521. The third-order valence-corrected chi connectivity index (χ3v) is 3.91. The minimum Gasteiger partial charge on any atom is -0.395 e. The molecule has 15 heavy (non-hydrogen) atoms. The van der Waals surface area contributed by atoms with Crippen LogP contribution in [0.15, 0.2) is 0 Å². The van der Waals surface area contributed by atoms with E-state index in [1.165, 1.54) is 11.8 Å². The largest absolute Gasteiger partial charge is 0.395 e. The monoisotopic (exact) mass is 263 g/mol. The lowest BCUT2D eigenvalue weighted by Crippen LogP contribution is -2.23. The van der Waals surface area contributed by atoms with Gasteiger partial charge in [0.1, 0.15) is 0 Å². The Morgan fingerprint density at radius 3 is 2.73 bits per heavy atom. The normalized spacial score (nSPS) is 13.7. The lowest BCUT2D eigenvalue weighted by Gasteiger charge is -2.20. The van der Waals surface area contributed by atoms with Crippen molar-refractivity contribution in [3.05, 3.63) is 0 Å². The van der Waals surface area contributed by atoms with Gasteiger partial charge in [0.25, 0.3) is 0 Å². The maximum Gasteiger partial charge on any atom is 0.317 e. The predicted molar refractivity (Wildman–Crippen MR) is 68.8 cm³/mol. The Kier molecular flexibility index (Phi) is 6.98. The Balaban J connectivity index is 4.39. The van der Waals surface area contributed by atoms with Gasteiger partial charge in [-0.15, -0.1) is 11.8 Å². The molecule has 0 heterocycles. The van der Waals surface area contributed by atoms with Crippen LogP contribution in [-0.4, -0.2) is 15.9 Å². The Labute approximate surface area is 105 Å². The molecule has 0 radical (unpaired) electrons. The average Bonchev–Trinajstić information content (AvgIpc) is 2.25. The fourth-order valence-corrected chi connectivity index (χ4v) is 2.21. The van der Waals surface area contributed by atoms with Crippen LogP contribution >= 0.6 is 36.9 Å². The van der Waals surface area contributed by atoms with Crippen molar-refractivity contribution in [2.24, 2.45) is 5.41 Å². The number of thiocarbonyl (C=S) groups is 1. The van der Waals surface area contributed by atoms with Crippen molar-refractivity contribution in [3.63, 3.8) is 0 Å². The van der Waals surface area contributed by atoms with Gasteiger partial charge in [-0.05, 0) is 19.1 Å². The first kappa shape index (κ1) is 14.8. The molecule has 0 rings (SSSR count). The molecule has 0 bridgehead atoms. The summed E-state index contributed by atoms with van der Waals surface area (Å²) in [6, 6.07) is 2.15. The smallest absolute Gasteiger partial charge is 0.317 e. The fraction of sp³-hybridized carbons (Fsp3) is 0.667. The van der Waals surface area contributed by atoms with Gasteiger partial charge >= 0.3 is 5.97 Å². The highest BCUT2D eigenvalue weighted by Crippen LogP contribution is 2.30. The van der Waals surface area contributed by atoms with E-state index in [4.69, 9.17) is 17.5 Å². The third kappa shape index (κ3) is 4.87. The van der Waals surface area contributed by atoms with Crippen LogP contribution in [0.2, 0.25) is 0 Å². The van der Waals surface area contributed by atoms with E-state index < -0.39 is 11.4 Å². The fourth-order valence-electron chi connectivity index (χ4n) is 0.892. The zero-order valence-corrected chi connectivity index (χ0v) is 11.2.